The topological polar surface area (TPSA) is 33.1 Å². The Morgan fingerprint density at radius 2 is 1.68 bits per heavy atom. The molecule has 0 bridgehead atoms. The molecule has 0 spiro atoms. The summed E-state index contributed by atoms with van der Waals surface area (Å²) in [6, 6.07) is 19.9. The molecule has 1 heterocycles. The van der Waals surface area contributed by atoms with Crippen LogP contribution in [-0.2, 0) is 5.75 Å². The van der Waals surface area contributed by atoms with Gasteiger partial charge in [0.2, 0.25) is 5.88 Å². The van der Waals surface area contributed by atoms with Gasteiger partial charge in [-0.25, -0.2) is 4.98 Å². The first kappa shape index (κ1) is 12.1. The Kier molecular flexibility index (Phi) is 3.38. The molecule has 19 heavy (non-hydrogen) atoms. The van der Waals surface area contributed by atoms with Crippen molar-refractivity contribution in [2.24, 2.45) is 0 Å². The summed E-state index contributed by atoms with van der Waals surface area (Å²) < 4.78 is 0. The second-order valence-corrected chi connectivity index (χ2v) is 5.25. The van der Waals surface area contributed by atoms with Crippen molar-refractivity contribution in [2.75, 3.05) is 0 Å². The van der Waals surface area contributed by atoms with Crippen molar-refractivity contribution in [3.05, 3.63) is 66.2 Å². The number of nitrogens with zero attached hydrogens (tertiary/aromatic N) is 1. The van der Waals surface area contributed by atoms with Crippen LogP contribution in [0.25, 0.3) is 10.8 Å². The average molecular weight is 267 g/mol. The normalized spacial score (nSPS) is 10.7. The van der Waals surface area contributed by atoms with E-state index in [9.17, 15) is 5.11 Å². The third-order valence-corrected chi connectivity index (χ3v) is 3.97. The molecule has 0 unspecified atom stereocenters. The van der Waals surface area contributed by atoms with Crippen LogP contribution < -0.4 is 0 Å². The van der Waals surface area contributed by atoms with E-state index in [-0.39, 0.29) is 5.88 Å². The van der Waals surface area contributed by atoms with Crippen LogP contribution in [0.2, 0.25) is 0 Å². The van der Waals surface area contributed by atoms with E-state index in [0.29, 0.717) is 0 Å². The fourth-order valence-corrected chi connectivity index (χ4v) is 2.98. The van der Waals surface area contributed by atoms with Crippen molar-refractivity contribution in [1.82, 2.24) is 4.98 Å². The van der Waals surface area contributed by atoms with E-state index in [2.05, 4.69) is 17.1 Å². The van der Waals surface area contributed by atoms with Crippen LogP contribution in [0, 0.1) is 0 Å². The van der Waals surface area contributed by atoms with Crippen LogP contribution in [0.15, 0.2) is 65.7 Å². The summed E-state index contributed by atoms with van der Waals surface area (Å²) in [4.78, 5) is 4.23. The summed E-state index contributed by atoms with van der Waals surface area (Å²) in [6.45, 7) is 0. The maximum absolute atomic E-state index is 9.68. The van der Waals surface area contributed by atoms with Crippen molar-refractivity contribution in [3.8, 4) is 5.88 Å². The molecule has 3 rings (SSSR count). The number of benzene rings is 2. The molecule has 0 aliphatic carbocycles. The van der Waals surface area contributed by atoms with Crippen LogP contribution in [0.3, 0.4) is 0 Å². The molecule has 0 aliphatic heterocycles. The summed E-state index contributed by atoms with van der Waals surface area (Å²) in [5, 5.41) is 12.7. The number of aromatic hydroxyl groups is 1. The number of rotatable bonds is 3. The molecule has 0 amide bonds. The van der Waals surface area contributed by atoms with Crippen molar-refractivity contribution in [2.45, 2.75) is 10.8 Å². The molecule has 0 atom stereocenters. The van der Waals surface area contributed by atoms with Crippen LogP contribution in [0.1, 0.15) is 5.56 Å². The van der Waals surface area contributed by atoms with Crippen molar-refractivity contribution < 1.29 is 5.11 Å². The number of thioether (sulfide) groups is 1. The number of aromatic nitrogens is 1. The molecule has 94 valence electrons. The van der Waals surface area contributed by atoms with Gasteiger partial charge in [0.25, 0.3) is 0 Å². The molecule has 0 fully saturated rings. The largest absolute Gasteiger partial charge is 0.493 e. The molecule has 0 aliphatic rings. The Hall–Kier alpha value is -2.00. The molecule has 2 nitrogen and oxygen atoms in total. The van der Waals surface area contributed by atoms with E-state index >= 15 is 0 Å². The Morgan fingerprint density at radius 1 is 0.947 bits per heavy atom. The van der Waals surface area contributed by atoms with Gasteiger partial charge in [-0.1, -0.05) is 54.6 Å². The van der Waals surface area contributed by atoms with Crippen LogP contribution in [0.4, 0.5) is 0 Å². The zero-order valence-electron chi connectivity index (χ0n) is 10.3. The van der Waals surface area contributed by atoms with Crippen LogP contribution in [0.5, 0.6) is 5.88 Å². The van der Waals surface area contributed by atoms with Gasteiger partial charge < -0.3 is 5.11 Å². The van der Waals surface area contributed by atoms with Gasteiger partial charge in [-0.15, -0.1) is 11.8 Å². The third-order valence-electron chi connectivity index (χ3n) is 2.91. The van der Waals surface area contributed by atoms with Gasteiger partial charge in [-0.05, 0) is 10.9 Å². The number of fused-ring (bicyclic) bond motifs is 1. The van der Waals surface area contributed by atoms with E-state index < -0.39 is 0 Å². The first-order valence-electron chi connectivity index (χ1n) is 6.08. The summed E-state index contributed by atoms with van der Waals surface area (Å²) in [6.07, 6.45) is 0. The monoisotopic (exact) mass is 267 g/mol. The van der Waals surface area contributed by atoms with Gasteiger partial charge in [-0.3, -0.25) is 0 Å². The van der Waals surface area contributed by atoms with Gasteiger partial charge in [-0.2, -0.15) is 0 Å². The first-order valence-corrected chi connectivity index (χ1v) is 7.07. The van der Waals surface area contributed by atoms with E-state index in [0.717, 1.165) is 21.6 Å². The van der Waals surface area contributed by atoms with Crippen molar-refractivity contribution in [3.63, 3.8) is 0 Å². The minimum absolute atomic E-state index is 0.0780. The summed E-state index contributed by atoms with van der Waals surface area (Å²) in [5.74, 6) is 0.927. The molecule has 0 saturated carbocycles. The Labute approximate surface area is 116 Å². The van der Waals surface area contributed by atoms with Gasteiger partial charge in [0.1, 0.15) is 5.03 Å². The average Bonchev–Trinajstić information content (AvgIpc) is 2.45. The molecular weight excluding hydrogens is 254 g/mol. The van der Waals surface area contributed by atoms with Gasteiger partial charge in [0.05, 0.1) is 0 Å². The second kappa shape index (κ2) is 5.33. The lowest BCUT2D eigenvalue weighted by Crippen LogP contribution is -1.86. The van der Waals surface area contributed by atoms with Gasteiger partial charge in [0, 0.05) is 17.2 Å². The zero-order chi connectivity index (χ0) is 13.1. The van der Waals surface area contributed by atoms with Gasteiger partial charge in [0.15, 0.2) is 0 Å². The highest BCUT2D eigenvalue weighted by Crippen LogP contribution is 2.30. The zero-order valence-corrected chi connectivity index (χ0v) is 11.1. The Balaban J connectivity index is 1.92. The van der Waals surface area contributed by atoms with E-state index in [4.69, 9.17) is 0 Å². The standard InChI is InChI=1S/C16H13NOS/c18-15-10-13-8-4-5-9-14(13)16(17-15)19-11-12-6-2-1-3-7-12/h1-10H,11H2,(H,17,18). The highest BCUT2D eigenvalue weighted by Gasteiger charge is 2.06. The molecular formula is C16H13NOS. The van der Waals surface area contributed by atoms with Crippen LogP contribution in [-0.4, -0.2) is 10.1 Å². The number of hydrogen-bond donors (Lipinski definition) is 1. The lowest BCUT2D eigenvalue weighted by atomic mass is 10.2. The molecule has 0 radical (unpaired) electrons. The Morgan fingerprint density at radius 3 is 2.53 bits per heavy atom. The van der Waals surface area contributed by atoms with Crippen molar-refractivity contribution in [1.29, 1.82) is 0 Å². The minimum atomic E-state index is 0.0780. The number of pyridine rings is 1. The van der Waals surface area contributed by atoms with E-state index in [1.165, 1.54) is 5.56 Å². The highest BCUT2D eigenvalue weighted by molar-refractivity contribution is 7.98. The first-order chi connectivity index (χ1) is 9.33. The van der Waals surface area contributed by atoms with E-state index in [1.54, 1.807) is 17.8 Å². The summed E-state index contributed by atoms with van der Waals surface area (Å²) in [5.41, 5.74) is 1.25. The molecule has 1 N–H and O–H groups in total. The van der Waals surface area contributed by atoms with E-state index in [1.807, 2.05) is 42.5 Å². The molecule has 3 heteroatoms. The summed E-state index contributed by atoms with van der Waals surface area (Å²) in [7, 11) is 0. The van der Waals surface area contributed by atoms with Gasteiger partial charge >= 0.3 is 0 Å². The Bertz CT molecular complexity index is 697. The molecule has 2 aromatic carbocycles. The predicted molar refractivity (Wildman–Crippen MR) is 79.4 cm³/mol. The second-order valence-electron chi connectivity index (χ2n) is 4.28. The lowest BCUT2D eigenvalue weighted by molar-refractivity contribution is 0.450. The lowest BCUT2D eigenvalue weighted by Gasteiger charge is -2.06. The van der Waals surface area contributed by atoms with Crippen LogP contribution >= 0.6 is 11.8 Å². The fourth-order valence-electron chi connectivity index (χ4n) is 1.99. The predicted octanol–water partition coefficient (Wildman–Crippen LogP) is 4.23. The van der Waals surface area contributed by atoms with Crippen molar-refractivity contribution >= 4 is 22.5 Å². The minimum Gasteiger partial charge on any atom is -0.493 e. The maximum Gasteiger partial charge on any atom is 0.212 e. The smallest absolute Gasteiger partial charge is 0.212 e. The quantitative estimate of drug-likeness (QED) is 0.721. The highest BCUT2D eigenvalue weighted by atomic mass is 32.2. The molecule has 0 saturated heterocycles. The summed E-state index contributed by atoms with van der Waals surface area (Å²) >= 11 is 1.65. The number of hydrogen-bond acceptors (Lipinski definition) is 3. The molecule has 1 aromatic heterocycles. The fraction of sp³-hybridized carbons (Fsp3) is 0.0625. The SMILES string of the molecule is Oc1cc2ccccc2c(SCc2ccccc2)n1. The third kappa shape index (κ3) is 2.71. The molecule has 3 aromatic rings. The maximum atomic E-state index is 9.68.